The quantitative estimate of drug-likeness (QED) is 0.369. The Morgan fingerprint density at radius 2 is 1.85 bits per heavy atom. The van der Waals surface area contributed by atoms with E-state index in [1.54, 1.807) is 0 Å². The molecule has 0 aromatic heterocycles. The van der Waals surface area contributed by atoms with Gasteiger partial charge in [0.2, 0.25) is 0 Å². The fourth-order valence-electron chi connectivity index (χ4n) is 1.05. The van der Waals surface area contributed by atoms with Crippen LogP contribution in [0.25, 0.3) is 18.0 Å². The molecular weight excluding hydrogens is 153 g/mol. The third-order valence-electron chi connectivity index (χ3n) is 1.83. The second kappa shape index (κ2) is 5.17. The van der Waals surface area contributed by atoms with Gasteiger partial charge in [0, 0.05) is 0 Å². The first-order valence-corrected chi connectivity index (χ1v) is 4.06. The Hall–Kier alpha value is -0.643. The van der Waals surface area contributed by atoms with Crippen molar-refractivity contribution in [2.45, 2.75) is 13.8 Å². The molecule has 0 unspecified atom stereocenters. The molecule has 0 heterocycles. The van der Waals surface area contributed by atoms with E-state index in [2.05, 4.69) is 0 Å². The number of benzene rings is 1. The van der Waals surface area contributed by atoms with Crippen molar-refractivity contribution in [3.05, 3.63) is 40.4 Å². The van der Waals surface area contributed by atoms with Crippen molar-refractivity contribution < 1.29 is 18.9 Å². The number of hydrogen-bond acceptors (Lipinski definition) is 0. The topological polar surface area (TPSA) is 23.8 Å². The molecule has 13 heavy (non-hydrogen) atoms. The van der Waals surface area contributed by atoms with Gasteiger partial charge in [-0.3, -0.25) is 0 Å². The predicted molar refractivity (Wildman–Crippen MR) is 52.7 cm³/mol. The zero-order chi connectivity index (χ0) is 9.14. The maximum atomic E-state index is 7.75. The maximum absolute atomic E-state index is 7.75. The molecule has 1 N–H and O–H groups in total. The normalized spacial score (nSPS) is 12.2. The van der Waals surface area contributed by atoms with Gasteiger partial charge in [-0.2, -0.15) is 11.3 Å². The first kappa shape index (κ1) is 12.4. The number of hydrogen-bond donors (Lipinski definition) is 0. The summed E-state index contributed by atoms with van der Waals surface area (Å²) in [6.45, 7) is 9.71. The van der Waals surface area contributed by atoms with Gasteiger partial charge in [-0.1, -0.05) is 25.8 Å². The third kappa shape index (κ3) is 2.95. The maximum Gasteiger partial charge on any atom is 1.00 e. The fourth-order valence-corrected chi connectivity index (χ4v) is 1.05. The molecule has 64 valence electrons. The van der Waals surface area contributed by atoms with Crippen LogP contribution in [0.4, 0.5) is 0 Å². The first-order chi connectivity index (χ1) is 5.63. The van der Waals surface area contributed by atoms with Gasteiger partial charge in [-0.05, 0) is 0 Å². The van der Waals surface area contributed by atoms with E-state index in [4.69, 9.17) is 12.3 Å². The Balaban J connectivity index is 0.00000144. The number of nitrogens with one attached hydrogen (secondary N) is 1. The molecular formula is C11H13LiN-. The van der Waals surface area contributed by atoms with Gasteiger partial charge in [-0.25, -0.2) is 12.3 Å². The molecule has 0 radical (unpaired) electrons. The number of rotatable bonds is 1. The fraction of sp³-hybridized carbons (Fsp3) is 0.273. The molecule has 0 bridgehead atoms. The van der Waals surface area contributed by atoms with Crippen LogP contribution >= 0.6 is 0 Å². The summed E-state index contributed by atoms with van der Waals surface area (Å²) in [5.41, 5.74) is 8.35. The van der Waals surface area contributed by atoms with Crippen LogP contribution in [-0.4, -0.2) is 0 Å². The Morgan fingerprint density at radius 1 is 1.31 bits per heavy atom. The molecule has 2 heteroatoms. The molecule has 1 rings (SSSR count). The average molecular weight is 166 g/mol. The minimum Gasteiger partial charge on any atom is -0.712 e. The van der Waals surface area contributed by atoms with E-state index in [1.165, 1.54) is 0 Å². The molecule has 0 spiro atoms. The molecule has 0 saturated heterocycles. The molecule has 0 aliphatic carbocycles. The molecule has 1 aromatic rings. The summed E-state index contributed by atoms with van der Waals surface area (Å²) in [6, 6.07) is 7.50. The smallest absolute Gasteiger partial charge is 0.712 e. The van der Waals surface area contributed by atoms with Crippen molar-refractivity contribution in [1.82, 2.24) is 0 Å². The molecule has 1 nitrogen and oxygen atoms in total. The van der Waals surface area contributed by atoms with Crippen LogP contribution in [0, 0.1) is 5.92 Å². The summed E-state index contributed by atoms with van der Waals surface area (Å²) in [5.74, 6) is 0.231. The van der Waals surface area contributed by atoms with E-state index in [-0.39, 0.29) is 24.8 Å². The molecule has 0 fully saturated rings. The van der Waals surface area contributed by atoms with Crippen LogP contribution in [0.1, 0.15) is 13.8 Å². The zero-order valence-corrected chi connectivity index (χ0v) is 8.46. The van der Waals surface area contributed by atoms with Gasteiger partial charge >= 0.3 is 18.9 Å². The van der Waals surface area contributed by atoms with Gasteiger partial charge in [0.05, 0.1) is 0 Å². The van der Waals surface area contributed by atoms with Crippen molar-refractivity contribution in [3.63, 3.8) is 0 Å². The van der Waals surface area contributed by atoms with E-state index in [0.717, 1.165) is 5.22 Å². The van der Waals surface area contributed by atoms with Crippen LogP contribution in [0.2, 0.25) is 0 Å². The molecule has 0 amide bonds. The summed E-state index contributed by atoms with van der Waals surface area (Å²) >= 11 is 0. The van der Waals surface area contributed by atoms with Crippen LogP contribution < -0.4 is 29.3 Å². The van der Waals surface area contributed by atoms with Crippen molar-refractivity contribution in [2.75, 3.05) is 0 Å². The zero-order valence-electron chi connectivity index (χ0n) is 8.46. The van der Waals surface area contributed by atoms with Gasteiger partial charge < -0.3 is 5.73 Å². The SMILES string of the molecule is [CH-]=c1cccc/c1=C(/[NH-])C(C)C.[Li+]. The van der Waals surface area contributed by atoms with E-state index in [1.807, 2.05) is 38.1 Å². The summed E-state index contributed by atoms with van der Waals surface area (Å²) in [7, 11) is 0. The van der Waals surface area contributed by atoms with Gasteiger partial charge in [0.25, 0.3) is 0 Å². The standard InChI is InChI=1S/C11H13N.Li/c1-8(2)11(12)10-7-5-4-6-9(10)3;/h3-8,12H,1-2H3;/q-2;+1/b11-10-;. The van der Waals surface area contributed by atoms with Crippen LogP contribution in [-0.2, 0) is 0 Å². The minimum atomic E-state index is 0. The van der Waals surface area contributed by atoms with Crippen LogP contribution in [0.3, 0.4) is 0 Å². The summed E-state index contributed by atoms with van der Waals surface area (Å²) in [5, 5.41) is 1.55. The van der Waals surface area contributed by atoms with Crippen molar-refractivity contribution in [3.8, 4) is 0 Å². The van der Waals surface area contributed by atoms with E-state index in [9.17, 15) is 0 Å². The largest absolute Gasteiger partial charge is 1.00 e. The summed E-state index contributed by atoms with van der Waals surface area (Å²) < 4.78 is 0. The van der Waals surface area contributed by atoms with E-state index >= 15 is 0 Å². The van der Waals surface area contributed by atoms with Crippen molar-refractivity contribution >= 4 is 12.3 Å². The average Bonchev–Trinajstić information content (AvgIpc) is 2.04. The second-order valence-electron chi connectivity index (χ2n) is 3.16. The summed E-state index contributed by atoms with van der Waals surface area (Å²) in [6.07, 6.45) is 0. The van der Waals surface area contributed by atoms with Gasteiger partial charge in [0.15, 0.2) is 0 Å². The molecule has 0 aliphatic heterocycles. The van der Waals surface area contributed by atoms with E-state index < -0.39 is 0 Å². The van der Waals surface area contributed by atoms with Gasteiger partial charge in [0.1, 0.15) is 0 Å². The Kier molecular flexibility index (Phi) is 4.91. The Labute approximate surface area is 91.5 Å². The van der Waals surface area contributed by atoms with Gasteiger partial charge in [-0.15, -0.1) is 17.4 Å². The first-order valence-electron chi connectivity index (χ1n) is 4.06. The molecule has 0 aliphatic rings. The van der Waals surface area contributed by atoms with E-state index in [0.29, 0.717) is 10.9 Å². The molecule has 1 aromatic carbocycles. The third-order valence-corrected chi connectivity index (χ3v) is 1.83. The second-order valence-corrected chi connectivity index (χ2v) is 3.16. The monoisotopic (exact) mass is 166 g/mol. The van der Waals surface area contributed by atoms with Crippen LogP contribution in [0.15, 0.2) is 24.3 Å². The molecule has 0 atom stereocenters. The van der Waals surface area contributed by atoms with Crippen molar-refractivity contribution in [1.29, 1.82) is 0 Å². The van der Waals surface area contributed by atoms with Crippen molar-refractivity contribution in [2.24, 2.45) is 5.92 Å². The Morgan fingerprint density at radius 3 is 2.31 bits per heavy atom. The predicted octanol–water partition coefficient (Wildman–Crippen LogP) is -1.21. The van der Waals surface area contributed by atoms with Crippen LogP contribution in [0.5, 0.6) is 0 Å². The summed E-state index contributed by atoms with van der Waals surface area (Å²) in [4.78, 5) is 0. The Bertz CT molecular complexity index is 368. The molecule has 0 saturated carbocycles. The minimum absolute atomic E-state index is 0.